The smallest absolute Gasteiger partial charge is 0.264 e. The Bertz CT molecular complexity index is 1190. The Morgan fingerprint density at radius 1 is 1.00 bits per heavy atom. The van der Waals surface area contributed by atoms with Crippen molar-refractivity contribution >= 4 is 56.6 Å². The van der Waals surface area contributed by atoms with Gasteiger partial charge in [-0.2, -0.15) is 0 Å². The number of rotatable bonds is 10. The average molecular weight is 527 g/mol. The number of carbonyl (C=O) groups excluding carboxylic acids is 1. The van der Waals surface area contributed by atoms with E-state index in [0.29, 0.717) is 18.0 Å². The van der Waals surface area contributed by atoms with Gasteiger partial charge >= 0.3 is 0 Å². The maximum Gasteiger partial charge on any atom is 0.264 e. The van der Waals surface area contributed by atoms with Crippen LogP contribution in [-0.4, -0.2) is 33.2 Å². The lowest BCUT2D eigenvalue weighted by atomic mass is 10.3. The zero-order valence-corrected chi connectivity index (χ0v) is 20.5. The Morgan fingerprint density at radius 2 is 1.70 bits per heavy atom. The van der Waals surface area contributed by atoms with E-state index in [4.69, 9.17) is 23.2 Å². The number of benzene rings is 3. The first-order chi connectivity index (χ1) is 15.8. The molecule has 0 saturated heterocycles. The Kier molecular flexibility index (Phi) is 9.02. The number of sulfonamides is 1. The molecular formula is C23H21Cl2FN2O3S2. The van der Waals surface area contributed by atoms with Crippen LogP contribution < -0.4 is 9.62 Å². The zero-order chi connectivity index (χ0) is 23.8. The van der Waals surface area contributed by atoms with Gasteiger partial charge in [0.1, 0.15) is 12.4 Å². The van der Waals surface area contributed by atoms with Crippen molar-refractivity contribution in [1.82, 2.24) is 5.32 Å². The highest BCUT2D eigenvalue weighted by Gasteiger charge is 2.27. The lowest BCUT2D eigenvalue weighted by Gasteiger charge is -2.24. The van der Waals surface area contributed by atoms with Crippen LogP contribution in [0.1, 0.15) is 6.42 Å². The van der Waals surface area contributed by atoms with Gasteiger partial charge in [-0.25, -0.2) is 12.8 Å². The third kappa shape index (κ3) is 7.11. The molecule has 174 valence electrons. The molecule has 3 rings (SSSR count). The second kappa shape index (κ2) is 11.7. The van der Waals surface area contributed by atoms with Gasteiger partial charge in [0, 0.05) is 16.5 Å². The van der Waals surface area contributed by atoms with Gasteiger partial charge in [0.15, 0.2) is 0 Å². The minimum Gasteiger partial charge on any atom is -0.354 e. The van der Waals surface area contributed by atoms with Gasteiger partial charge in [-0.1, -0.05) is 41.4 Å². The van der Waals surface area contributed by atoms with E-state index in [1.165, 1.54) is 24.3 Å². The van der Waals surface area contributed by atoms with E-state index in [1.54, 1.807) is 30.0 Å². The predicted molar refractivity (Wildman–Crippen MR) is 132 cm³/mol. The molecule has 0 aliphatic rings. The highest BCUT2D eigenvalue weighted by atomic mass is 35.5. The molecule has 3 aromatic rings. The predicted octanol–water partition coefficient (Wildman–Crippen LogP) is 5.63. The summed E-state index contributed by atoms with van der Waals surface area (Å²) in [6.45, 7) is -0.0909. The van der Waals surface area contributed by atoms with Gasteiger partial charge in [0.25, 0.3) is 10.0 Å². The zero-order valence-electron chi connectivity index (χ0n) is 17.4. The normalized spacial score (nSPS) is 11.2. The van der Waals surface area contributed by atoms with Crippen LogP contribution in [0.4, 0.5) is 10.1 Å². The van der Waals surface area contributed by atoms with Crippen molar-refractivity contribution in [3.8, 4) is 0 Å². The first-order valence-corrected chi connectivity index (χ1v) is 13.1. The molecule has 3 aromatic carbocycles. The molecule has 0 aromatic heterocycles. The lowest BCUT2D eigenvalue weighted by Crippen LogP contribution is -2.41. The molecule has 0 fully saturated rings. The standard InChI is InChI=1S/C23H21Cl2FN2O3S2/c24-17-7-10-19(11-8-17)32-14-4-13-27-23(29)16-28(18-9-12-22(26)21(25)15-18)33(30,31)20-5-2-1-3-6-20/h1-3,5-12,15H,4,13-14,16H2,(H,27,29). The van der Waals surface area contributed by atoms with E-state index < -0.39 is 28.3 Å². The number of amides is 1. The summed E-state index contributed by atoms with van der Waals surface area (Å²) in [5, 5.41) is 3.18. The number of hydrogen-bond donors (Lipinski definition) is 1. The first kappa shape index (κ1) is 25.4. The average Bonchev–Trinajstić information content (AvgIpc) is 2.81. The maximum atomic E-state index is 13.6. The fourth-order valence-electron chi connectivity index (χ4n) is 2.88. The summed E-state index contributed by atoms with van der Waals surface area (Å²) in [4.78, 5) is 13.7. The van der Waals surface area contributed by atoms with Gasteiger partial charge in [-0.15, -0.1) is 11.8 Å². The summed E-state index contributed by atoms with van der Waals surface area (Å²) in [5.41, 5.74) is 0.0960. The molecule has 0 atom stereocenters. The van der Waals surface area contributed by atoms with Crippen LogP contribution in [0, 0.1) is 5.82 Å². The van der Waals surface area contributed by atoms with Crippen LogP contribution in [0.2, 0.25) is 10.0 Å². The second-order valence-electron chi connectivity index (χ2n) is 6.93. The third-order valence-corrected chi connectivity index (χ3v) is 7.96. The van der Waals surface area contributed by atoms with E-state index in [-0.39, 0.29) is 15.6 Å². The Morgan fingerprint density at radius 3 is 2.36 bits per heavy atom. The fraction of sp³-hybridized carbons (Fsp3) is 0.174. The number of hydrogen-bond acceptors (Lipinski definition) is 4. The fourth-order valence-corrected chi connectivity index (χ4v) is 5.47. The van der Waals surface area contributed by atoms with Crippen molar-refractivity contribution in [2.24, 2.45) is 0 Å². The number of anilines is 1. The maximum absolute atomic E-state index is 13.6. The topological polar surface area (TPSA) is 66.5 Å². The summed E-state index contributed by atoms with van der Waals surface area (Å²) >= 11 is 13.4. The van der Waals surface area contributed by atoms with Crippen LogP contribution in [-0.2, 0) is 14.8 Å². The van der Waals surface area contributed by atoms with Crippen molar-refractivity contribution < 1.29 is 17.6 Å². The molecule has 0 saturated carbocycles. The van der Waals surface area contributed by atoms with Crippen LogP contribution in [0.25, 0.3) is 0 Å². The third-order valence-electron chi connectivity index (χ3n) is 4.54. The molecule has 0 heterocycles. The molecule has 1 amide bonds. The lowest BCUT2D eigenvalue weighted by molar-refractivity contribution is -0.119. The summed E-state index contributed by atoms with van der Waals surface area (Å²) in [5.74, 6) is -0.395. The number of thioether (sulfide) groups is 1. The summed E-state index contributed by atoms with van der Waals surface area (Å²) < 4.78 is 41.0. The Hall–Kier alpha value is -2.26. The van der Waals surface area contributed by atoms with Crippen LogP contribution >= 0.6 is 35.0 Å². The molecule has 0 spiro atoms. The van der Waals surface area contributed by atoms with Crippen LogP contribution in [0.3, 0.4) is 0 Å². The van der Waals surface area contributed by atoms with E-state index in [9.17, 15) is 17.6 Å². The van der Waals surface area contributed by atoms with E-state index >= 15 is 0 Å². The van der Waals surface area contributed by atoms with Crippen molar-refractivity contribution in [1.29, 1.82) is 0 Å². The molecule has 0 bridgehead atoms. The molecule has 5 nitrogen and oxygen atoms in total. The molecule has 0 aliphatic heterocycles. The van der Waals surface area contributed by atoms with Crippen molar-refractivity contribution in [2.45, 2.75) is 16.2 Å². The van der Waals surface area contributed by atoms with Gasteiger partial charge in [0.05, 0.1) is 15.6 Å². The second-order valence-corrected chi connectivity index (χ2v) is 10.8. The summed E-state index contributed by atoms with van der Waals surface area (Å²) in [6.07, 6.45) is 0.687. The summed E-state index contributed by atoms with van der Waals surface area (Å²) in [6, 6.07) is 18.7. The van der Waals surface area contributed by atoms with Crippen molar-refractivity contribution in [3.05, 3.63) is 88.7 Å². The molecule has 0 unspecified atom stereocenters. The van der Waals surface area contributed by atoms with E-state index in [0.717, 1.165) is 21.0 Å². The minimum absolute atomic E-state index is 0.0117. The number of nitrogens with one attached hydrogen (secondary N) is 1. The number of nitrogens with zero attached hydrogens (tertiary/aromatic N) is 1. The van der Waals surface area contributed by atoms with Gasteiger partial charge in [-0.3, -0.25) is 9.10 Å². The molecule has 33 heavy (non-hydrogen) atoms. The van der Waals surface area contributed by atoms with Crippen molar-refractivity contribution in [3.63, 3.8) is 0 Å². The number of carbonyl (C=O) groups is 1. The van der Waals surface area contributed by atoms with Crippen LogP contribution in [0.15, 0.2) is 82.6 Å². The summed E-state index contributed by atoms with van der Waals surface area (Å²) in [7, 11) is -4.08. The molecule has 1 N–H and O–H groups in total. The minimum atomic E-state index is -4.08. The quantitative estimate of drug-likeness (QED) is 0.274. The van der Waals surface area contributed by atoms with Crippen molar-refractivity contribution in [2.75, 3.05) is 23.1 Å². The Balaban J connectivity index is 1.65. The molecular weight excluding hydrogens is 506 g/mol. The van der Waals surface area contributed by atoms with Gasteiger partial charge in [0.2, 0.25) is 5.91 Å². The van der Waals surface area contributed by atoms with Crippen LogP contribution in [0.5, 0.6) is 0 Å². The van der Waals surface area contributed by atoms with Gasteiger partial charge < -0.3 is 5.32 Å². The Labute approximate surface area is 206 Å². The SMILES string of the molecule is O=C(CN(c1ccc(F)c(Cl)c1)S(=O)(=O)c1ccccc1)NCCCSc1ccc(Cl)cc1. The largest absolute Gasteiger partial charge is 0.354 e. The first-order valence-electron chi connectivity index (χ1n) is 9.95. The highest BCUT2D eigenvalue weighted by molar-refractivity contribution is 7.99. The molecule has 0 aliphatic carbocycles. The number of halogens is 3. The molecule has 0 radical (unpaired) electrons. The van der Waals surface area contributed by atoms with E-state index in [1.807, 2.05) is 24.3 Å². The van der Waals surface area contributed by atoms with E-state index in [2.05, 4.69) is 5.32 Å². The highest BCUT2D eigenvalue weighted by Crippen LogP contribution is 2.27. The van der Waals surface area contributed by atoms with Gasteiger partial charge in [-0.05, 0) is 66.8 Å². The molecule has 10 heteroatoms. The monoisotopic (exact) mass is 526 g/mol.